The van der Waals surface area contributed by atoms with Crippen molar-refractivity contribution in [2.75, 3.05) is 6.54 Å². The summed E-state index contributed by atoms with van der Waals surface area (Å²) in [6.45, 7) is 3.70. The summed E-state index contributed by atoms with van der Waals surface area (Å²) in [5.74, 6) is -0.825. The van der Waals surface area contributed by atoms with Gasteiger partial charge in [-0.1, -0.05) is 25.4 Å². The fraction of sp³-hybridized carbons (Fsp3) is 0.364. The Morgan fingerprint density at radius 3 is 2.65 bits per heavy atom. The molecule has 5 nitrogen and oxygen atoms in total. The van der Waals surface area contributed by atoms with Crippen molar-refractivity contribution < 1.29 is 9.59 Å². The molecule has 1 aromatic heterocycles. The Morgan fingerprint density at radius 2 is 2.12 bits per heavy atom. The fourth-order valence-electron chi connectivity index (χ4n) is 1.21. The molecule has 0 aliphatic heterocycles. The Morgan fingerprint density at radius 1 is 1.47 bits per heavy atom. The summed E-state index contributed by atoms with van der Waals surface area (Å²) in [7, 11) is 0. The molecule has 0 aliphatic carbocycles. The lowest BCUT2D eigenvalue weighted by molar-refractivity contribution is -0.117. The first-order chi connectivity index (χ1) is 7.90. The monoisotopic (exact) mass is 255 g/mol. The van der Waals surface area contributed by atoms with Crippen molar-refractivity contribution in [2.24, 2.45) is 5.73 Å². The average Bonchev–Trinajstić information content (AvgIpc) is 2.24. The number of carbonyl (C=O) groups is 2. The van der Waals surface area contributed by atoms with Gasteiger partial charge in [0, 0.05) is 11.3 Å². The second-order valence-electron chi connectivity index (χ2n) is 3.91. The van der Waals surface area contributed by atoms with Crippen LogP contribution in [0, 0.1) is 0 Å². The molecule has 0 aliphatic rings. The average molecular weight is 256 g/mol. The van der Waals surface area contributed by atoms with E-state index in [9.17, 15) is 9.59 Å². The van der Waals surface area contributed by atoms with Crippen molar-refractivity contribution in [3.8, 4) is 0 Å². The Kier molecular flexibility index (Phi) is 4.45. The van der Waals surface area contributed by atoms with E-state index in [1.54, 1.807) is 6.07 Å². The summed E-state index contributed by atoms with van der Waals surface area (Å²) in [4.78, 5) is 26.3. The minimum absolute atomic E-state index is 0.163. The fourth-order valence-corrected chi connectivity index (χ4v) is 1.43. The number of rotatable bonds is 4. The SMILES string of the molecule is CC(C)c1cc(C(=O)NCC(N)=O)cc(Cl)n1. The standard InChI is InChI=1S/C11H14ClN3O2/c1-6(2)8-3-7(4-9(12)15-8)11(17)14-5-10(13)16/h3-4,6H,5H2,1-2H3,(H2,13,16)(H,14,17). The van der Waals surface area contributed by atoms with Crippen molar-refractivity contribution in [1.82, 2.24) is 10.3 Å². The van der Waals surface area contributed by atoms with Gasteiger partial charge < -0.3 is 11.1 Å². The van der Waals surface area contributed by atoms with E-state index in [2.05, 4.69) is 10.3 Å². The zero-order valence-corrected chi connectivity index (χ0v) is 10.4. The number of nitrogens with two attached hydrogens (primary N) is 1. The van der Waals surface area contributed by atoms with E-state index in [0.29, 0.717) is 5.56 Å². The highest BCUT2D eigenvalue weighted by Crippen LogP contribution is 2.17. The first kappa shape index (κ1) is 13.4. The molecule has 2 amide bonds. The highest BCUT2D eigenvalue weighted by Gasteiger charge is 2.11. The molecule has 0 saturated heterocycles. The summed E-state index contributed by atoms with van der Waals surface area (Å²) in [6, 6.07) is 3.09. The quantitative estimate of drug-likeness (QED) is 0.790. The molecular weight excluding hydrogens is 242 g/mol. The largest absolute Gasteiger partial charge is 0.368 e. The topological polar surface area (TPSA) is 85.1 Å². The Labute approximate surface area is 104 Å². The molecule has 92 valence electrons. The van der Waals surface area contributed by atoms with E-state index in [4.69, 9.17) is 17.3 Å². The first-order valence-corrected chi connectivity index (χ1v) is 5.52. The molecule has 6 heteroatoms. The zero-order chi connectivity index (χ0) is 13.0. The molecule has 0 fully saturated rings. The predicted molar refractivity (Wildman–Crippen MR) is 64.9 cm³/mol. The van der Waals surface area contributed by atoms with Crippen molar-refractivity contribution in [1.29, 1.82) is 0 Å². The molecule has 0 saturated carbocycles. The Balaban J connectivity index is 2.90. The van der Waals surface area contributed by atoms with Gasteiger partial charge >= 0.3 is 0 Å². The van der Waals surface area contributed by atoms with Gasteiger partial charge in [-0.05, 0) is 18.1 Å². The van der Waals surface area contributed by atoms with Crippen molar-refractivity contribution >= 4 is 23.4 Å². The Hall–Kier alpha value is -1.62. The number of nitrogens with zero attached hydrogens (tertiary/aromatic N) is 1. The molecule has 0 atom stereocenters. The third kappa shape index (κ3) is 4.03. The van der Waals surface area contributed by atoms with E-state index in [0.717, 1.165) is 5.69 Å². The van der Waals surface area contributed by atoms with Crippen LogP contribution < -0.4 is 11.1 Å². The minimum atomic E-state index is -0.595. The number of hydrogen-bond acceptors (Lipinski definition) is 3. The van der Waals surface area contributed by atoms with Gasteiger partial charge in [0.15, 0.2) is 0 Å². The number of carbonyl (C=O) groups excluding carboxylic acids is 2. The van der Waals surface area contributed by atoms with E-state index in [1.807, 2.05) is 13.8 Å². The van der Waals surface area contributed by atoms with Crippen LogP contribution >= 0.6 is 11.6 Å². The van der Waals surface area contributed by atoms with Crippen molar-refractivity contribution in [2.45, 2.75) is 19.8 Å². The summed E-state index contributed by atoms with van der Waals surface area (Å²) in [5.41, 5.74) is 6.03. The van der Waals surface area contributed by atoms with Crippen LogP contribution in [0.5, 0.6) is 0 Å². The summed E-state index contributed by atoms with van der Waals surface area (Å²) < 4.78 is 0. The normalized spacial score (nSPS) is 10.4. The van der Waals surface area contributed by atoms with Crippen LogP contribution in [0.3, 0.4) is 0 Å². The summed E-state index contributed by atoms with van der Waals surface area (Å²) >= 11 is 5.82. The number of halogens is 1. The molecule has 1 heterocycles. The molecule has 0 radical (unpaired) electrons. The molecular formula is C11H14ClN3O2. The van der Waals surface area contributed by atoms with Gasteiger partial charge in [0.05, 0.1) is 6.54 Å². The van der Waals surface area contributed by atoms with Crippen LogP contribution in [0.15, 0.2) is 12.1 Å². The van der Waals surface area contributed by atoms with Gasteiger partial charge in [0.25, 0.3) is 5.91 Å². The van der Waals surface area contributed by atoms with Crippen LogP contribution in [0.1, 0.15) is 35.8 Å². The highest BCUT2D eigenvalue weighted by molar-refractivity contribution is 6.29. The van der Waals surface area contributed by atoms with E-state index < -0.39 is 11.8 Å². The van der Waals surface area contributed by atoms with Gasteiger partial charge in [0.2, 0.25) is 5.91 Å². The maximum atomic E-state index is 11.7. The predicted octanol–water partition coefficient (Wildman–Crippen LogP) is 1.07. The number of nitrogens with one attached hydrogen (secondary N) is 1. The third-order valence-electron chi connectivity index (χ3n) is 2.09. The maximum Gasteiger partial charge on any atom is 0.251 e. The summed E-state index contributed by atoms with van der Waals surface area (Å²) in [6.07, 6.45) is 0. The number of hydrogen-bond donors (Lipinski definition) is 2. The molecule has 0 spiro atoms. The van der Waals surface area contributed by atoms with Crippen LogP contribution in [0.4, 0.5) is 0 Å². The van der Waals surface area contributed by atoms with Crippen LogP contribution in [-0.2, 0) is 4.79 Å². The molecule has 0 bridgehead atoms. The lowest BCUT2D eigenvalue weighted by Gasteiger charge is -2.08. The van der Waals surface area contributed by atoms with Gasteiger partial charge in [-0.25, -0.2) is 4.98 Å². The van der Waals surface area contributed by atoms with Gasteiger partial charge in [0.1, 0.15) is 5.15 Å². The number of pyridine rings is 1. The highest BCUT2D eigenvalue weighted by atomic mass is 35.5. The number of primary amides is 1. The summed E-state index contributed by atoms with van der Waals surface area (Å²) in [5, 5.41) is 2.64. The second kappa shape index (κ2) is 5.63. The van der Waals surface area contributed by atoms with Crippen LogP contribution in [-0.4, -0.2) is 23.3 Å². The van der Waals surface area contributed by atoms with E-state index in [1.165, 1.54) is 6.07 Å². The lowest BCUT2D eigenvalue weighted by atomic mass is 10.1. The van der Waals surface area contributed by atoms with Crippen LogP contribution in [0.2, 0.25) is 5.15 Å². The third-order valence-corrected chi connectivity index (χ3v) is 2.28. The van der Waals surface area contributed by atoms with Gasteiger partial charge in [-0.15, -0.1) is 0 Å². The lowest BCUT2D eigenvalue weighted by Crippen LogP contribution is -2.33. The van der Waals surface area contributed by atoms with E-state index >= 15 is 0 Å². The Bertz CT molecular complexity index is 446. The molecule has 17 heavy (non-hydrogen) atoms. The van der Waals surface area contributed by atoms with Crippen molar-refractivity contribution in [3.63, 3.8) is 0 Å². The molecule has 0 unspecified atom stereocenters. The molecule has 1 aromatic rings. The minimum Gasteiger partial charge on any atom is -0.368 e. The smallest absolute Gasteiger partial charge is 0.251 e. The zero-order valence-electron chi connectivity index (χ0n) is 9.66. The molecule has 3 N–H and O–H groups in total. The maximum absolute atomic E-state index is 11.7. The number of aromatic nitrogens is 1. The van der Waals surface area contributed by atoms with Crippen LogP contribution in [0.25, 0.3) is 0 Å². The first-order valence-electron chi connectivity index (χ1n) is 5.14. The molecule has 1 rings (SSSR count). The number of amides is 2. The second-order valence-corrected chi connectivity index (χ2v) is 4.29. The van der Waals surface area contributed by atoms with Crippen molar-refractivity contribution in [3.05, 3.63) is 28.5 Å². The molecule has 0 aromatic carbocycles. The van der Waals surface area contributed by atoms with E-state index in [-0.39, 0.29) is 17.6 Å². The van der Waals surface area contributed by atoms with Gasteiger partial charge in [-0.2, -0.15) is 0 Å². The van der Waals surface area contributed by atoms with Gasteiger partial charge in [-0.3, -0.25) is 9.59 Å².